The molecule has 0 heterocycles. The maximum absolute atomic E-state index is 5.97. The molecule has 0 bridgehead atoms. The number of nitrogens with two attached hydrogens (primary N) is 2. The Hall–Kier alpha value is -1.02. The Balaban J connectivity index is 2.80. The highest BCUT2D eigenvalue weighted by Crippen LogP contribution is 2.27. The Morgan fingerprint density at radius 1 is 1.27 bits per heavy atom. The lowest BCUT2D eigenvalue weighted by molar-refractivity contribution is 0.413. The van der Waals surface area contributed by atoms with Gasteiger partial charge in [0.15, 0.2) is 0 Å². The predicted octanol–water partition coefficient (Wildman–Crippen LogP) is 2.48. The van der Waals surface area contributed by atoms with Gasteiger partial charge in [-0.05, 0) is 35.5 Å². The molecule has 0 amide bonds. The van der Waals surface area contributed by atoms with Crippen molar-refractivity contribution >= 4 is 0 Å². The first-order valence-corrected chi connectivity index (χ1v) is 5.48. The lowest BCUT2D eigenvalue weighted by Crippen LogP contribution is -2.11. The minimum atomic E-state index is 0.301. The molecule has 1 aliphatic carbocycles. The van der Waals surface area contributed by atoms with Crippen molar-refractivity contribution in [3.63, 3.8) is 0 Å². The van der Waals surface area contributed by atoms with Gasteiger partial charge in [-0.3, -0.25) is 0 Å². The van der Waals surface area contributed by atoms with Gasteiger partial charge in [0, 0.05) is 12.2 Å². The number of allylic oxidation sites excluding steroid dienone is 4. The van der Waals surface area contributed by atoms with E-state index in [0.717, 1.165) is 24.1 Å². The highest BCUT2D eigenvalue weighted by molar-refractivity contribution is 5.39. The lowest BCUT2D eigenvalue weighted by Gasteiger charge is -2.18. The van der Waals surface area contributed by atoms with Gasteiger partial charge in [0.25, 0.3) is 0 Å². The summed E-state index contributed by atoms with van der Waals surface area (Å²) in [5, 5.41) is 0. The van der Waals surface area contributed by atoms with E-state index in [1.165, 1.54) is 5.57 Å². The standard InChI is InChI=1S/C13H22N2/c1-13(2,3)8-10-5-4-6-11(9-14)12(15)7-10/h5-7H,4,8-9,14-15H2,1-3H3. The third-order valence-electron chi connectivity index (χ3n) is 2.41. The quantitative estimate of drug-likeness (QED) is 0.729. The normalized spacial score (nSPS) is 17.7. The molecule has 0 aromatic carbocycles. The van der Waals surface area contributed by atoms with Crippen molar-refractivity contribution in [2.24, 2.45) is 16.9 Å². The van der Waals surface area contributed by atoms with E-state index < -0.39 is 0 Å². The predicted molar refractivity (Wildman–Crippen MR) is 66.2 cm³/mol. The fourth-order valence-corrected chi connectivity index (χ4v) is 1.76. The SMILES string of the molecule is CC(C)(C)CC1=CCC=C(CN)C(N)=C1. The van der Waals surface area contributed by atoms with Gasteiger partial charge in [0.05, 0.1) is 0 Å². The molecule has 0 aromatic heterocycles. The summed E-state index contributed by atoms with van der Waals surface area (Å²) in [5.41, 5.74) is 15.1. The topological polar surface area (TPSA) is 52.0 Å². The first-order chi connectivity index (χ1) is 6.92. The van der Waals surface area contributed by atoms with Crippen molar-refractivity contribution in [1.82, 2.24) is 0 Å². The van der Waals surface area contributed by atoms with E-state index >= 15 is 0 Å². The van der Waals surface area contributed by atoms with E-state index in [4.69, 9.17) is 11.5 Å². The molecule has 0 aliphatic heterocycles. The van der Waals surface area contributed by atoms with Crippen molar-refractivity contribution < 1.29 is 0 Å². The molecule has 0 radical (unpaired) electrons. The summed E-state index contributed by atoms with van der Waals surface area (Å²) in [6, 6.07) is 0. The van der Waals surface area contributed by atoms with Gasteiger partial charge < -0.3 is 11.5 Å². The highest BCUT2D eigenvalue weighted by Gasteiger charge is 2.13. The monoisotopic (exact) mass is 206 g/mol. The van der Waals surface area contributed by atoms with Crippen LogP contribution < -0.4 is 11.5 Å². The molecular weight excluding hydrogens is 184 g/mol. The second-order valence-electron chi connectivity index (χ2n) is 5.29. The van der Waals surface area contributed by atoms with Crippen LogP contribution in [0, 0.1) is 5.41 Å². The van der Waals surface area contributed by atoms with E-state index in [1.54, 1.807) is 0 Å². The third-order valence-corrected chi connectivity index (χ3v) is 2.41. The van der Waals surface area contributed by atoms with Gasteiger partial charge in [-0.2, -0.15) is 0 Å². The minimum Gasteiger partial charge on any atom is -0.398 e. The highest BCUT2D eigenvalue weighted by atomic mass is 14.6. The summed E-state index contributed by atoms with van der Waals surface area (Å²) >= 11 is 0. The molecule has 0 saturated carbocycles. The Labute approximate surface area is 92.7 Å². The number of hydrogen-bond acceptors (Lipinski definition) is 2. The van der Waals surface area contributed by atoms with Crippen LogP contribution in [-0.4, -0.2) is 6.54 Å². The number of hydrogen-bond donors (Lipinski definition) is 2. The summed E-state index contributed by atoms with van der Waals surface area (Å²) in [7, 11) is 0. The van der Waals surface area contributed by atoms with Gasteiger partial charge in [0.2, 0.25) is 0 Å². The van der Waals surface area contributed by atoms with Crippen LogP contribution in [0.5, 0.6) is 0 Å². The van der Waals surface area contributed by atoms with Crippen LogP contribution in [-0.2, 0) is 0 Å². The van der Waals surface area contributed by atoms with E-state index in [-0.39, 0.29) is 0 Å². The van der Waals surface area contributed by atoms with Crippen LogP contribution in [0.25, 0.3) is 0 Å². The maximum atomic E-state index is 5.97. The number of rotatable bonds is 2. The molecule has 0 aromatic rings. The van der Waals surface area contributed by atoms with Crippen molar-refractivity contribution in [3.05, 3.63) is 35.1 Å². The van der Waals surface area contributed by atoms with Gasteiger partial charge in [-0.25, -0.2) is 0 Å². The molecule has 1 rings (SSSR count). The fourth-order valence-electron chi connectivity index (χ4n) is 1.76. The first kappa shape index (κ1) is 12.1. The van der Waals surface area contributed by atoms with Crippen LogP contribution in [0.15, 0.2) is 35.1 Å². The molecule has 4 N–H and O–H groups in total. The zero-order valence-electron chi connectivity index (χ0n) is 10.0. The molecule has 1 aliphatic rings. The first-order valence-electron chi connectivity index (χ1n) is 5.48. The molecule has 0 fully saturated rings. The van der Waals surface area contributed by atoms with Gasteiger partial charge in [-0.15, -0.1) is 0 Å². The van der Waals surface area contributed by atoms with Gasteiger partial charge in [0.1, 0.15) is 0 Å². The molecule has 15 heavy (non-hydrogen) atoms. The molecule has 0 saturated heterocycles. The average molecular weight is 206 g/mol. The summed E-state index contributed by atoms with van der Waals surface area (Å²) in [6.07, 6.45) is 8.41. The van der Waals surface area contributed by atoms with Crippen molar-refractivity contribution in [2.45, 2.75) is 33.6 Å². The lowest BCUT2D eigenvalue weighted by atomic mass is 9.87. The zero-order valence-corrected chi connectivity index (χ0v) is 10.0. The molecule has 0 spiro atoms. The van der Waals surface area contributed by atoms with E-state index in [9.17, 15) is 0 Å². The Morgan fingerprint density at radius 3 is 2.47 bits per heavy atom. The third kappa shape index (κ3) is 3.92. The summed E-state index contributed by atoms with van der Waals surface area (Å²) in [4.78, 5) is 0. The average Bonchev–Trinajstić information content (AvgIpc) is 2.24. The van der Waals surface area contributed by atoms with Crippen LogP contribution >= 0.6 is 0 Å². The van der Waals surface area contributed by atoms with Crippen LogP contribution in [0.3, 0.4) is 0 Å². The van der Waals surface area contributed by atoms with Crippen LogP contribution in [0.4, 0.5) is 0 Å². The second kappa shape index (κ2) is 4.67. The molecular formula is C13H22N2. The Kier molecular flexibility index (Phi) is 3.75. The summed E-state index contributed by atoms with van der Waals surface area (Å²) in [5.74, 6) is 0. The van der Waals surface area contributed by atoms with Crippen molar-refractivity contribution in [2.75, 3.05) is 6.54 Å². The Morgan fingerprint density at radius 2 is 1.93 bits per heavy atom. The largest absolute Gasteiger partial charge is 0.398 e. The van der Waals surface area contributed by atoms with E-state index in [0.29, 0.717) is 12.0 Å². The molecule has 2 nitrogen and oxygen atoms in total. The van der Waals surface area contributed by atoms with E-state index in [1.807, 2.05) is 0 Å². The Bertz CT molecular complexity index is 314. The zero-order chi connectivity index (χ0) is 11.5. The molecule has 0 atom stereocenters. The summed E-state index contributed by atoms with van der Waals surface area (Å²) in [6.45, 7) is 7.24. The minimum absolute atomic E-state index is 0.301. The van der Waals surface area contributed by atoms with Crippen molar-refractivity contribution in [1.29, 1.82) is 0 Å². The molecule has 0 unspecified atom stereocenters. The summed E-state index contributed by atoms with van der Waals surface area (Å²) < 4.78 is 0. The maximum Gasteiger partial charge on any atom is 0.0359 e. The smallest absolute Gasteiger partial charge is 0.0359 e. The fraction of sp³-hybridized carbons (Fsp3) is 0.538. The molecule has 84 valence electrons. The molecule has 2 heteroatoms. The van der Waals surface area contributed by atoms with E-state index in [2.05, 4.69) is 39.0 Å². The van der Waals surface area contributed by atoms with Crippen LogP contribution in [0.1, 0.15) is 33.6 Å². The van der Waals surface area contributed by atoms with Gasteiger partial charge >= 0.3 is 0 Å². The van der Waals surface area contributed by atoms with Gasteiger partial charge in [-0.1, -0.05) is 32.9 Å². The van der Waals surface area contributed by atoms with Crippen LogP contribution in [0.2, 0.25) is 0 Å². The van der Waals surface area contributed by atoms with Crippen molar-refractivity contribution in [3.8, 4) is 0 Å². The second-order valence-corrected chi connectivity index (χ2v) is 5.29.